The monoisotopic (exact) mass is 340 g/mol. The van der Waals surface area contributed by atoms with Crippen LogP contribution in [0.2, 0.25) is 0 Å². The summed E-state index contributed by atoms with van der Waals surface area (Å²) in [6.07, 6.45) is 0.0659. The van der Waals surface area contributed by atoms with E-state index in [1.807, 2.05) is 12.1 Å². The molecular weight excluding hydrogens is 320 g/mol. The third kappa shape index (κ3) is 5.46. The predicted octanol–water partition coefficient (Wildman–Crippen LogP) is 1.84. The first-order valence-electron chi connectivity index (χ1n) is 7.87. The van der Waals surface area contributed by atoms with E-state index >= 15 is 0 Å². The van der Waals surface area contributed by atoms with Crippen LogP contribution in [0.5, 0.6) is 0 Å². The van der Waals surface area contributed by atoms with E-state index < -0.39 is 12.0 Å². The van der Waals surface area contributed by atoms with Gasteiger partial charge in [-0.25, -0.2) is 0 Å². The Balaban J connectivity index is 2.09. The number of benzene rings is 2. The van der Waals surface area contributed by atoms with Crippen molar-refractivity contribution in [2.24, 2.45) is 0 Å². The minimum atomic E-state index is -0.855. The lowest BCUT2D eigenvalue weighted by molar-refractivity contribution is -0.140. The lowest BCUT2D eigenvalue weighted by Crippen LogP contribution is -2.41. The van der Waals surface area contributed by atoms with E-state index in [1.165, 1.54) is 7.11 Å². The molecule has 0 heterocycles. The van der Waals surface area contributed by atoms with Gasteiger partial charge in [0.25, 0.3) is 5.91 Å². The third-order valence-corrected chi connectivity index (χ3v) is 3.56. The Morgan fingerprint density at radius 3 is 2.16 bits per heavy atom. The topological polar surface area (TPSA) is 84.5 Å². The third-order valence-electron chi connectivity index (χ3n) is 3.56. The summed E-state index contributed by atoms with van der Waals surface area (Å²) in [4.78, 5) is 36.1. The number of carbonyl (C=O) groups excluding carboxylic acids is 3. The van der Waals surface area contributed by atoms with Crippen molar-refractivity contribution in [3.05, 3.63) is 71.8 Å². The molecule has 0 aliphatic carbocycles. The molecule has 0 aliphatic heterocycles. The first-order chi connectivity index (χ1) is 12.1. The van der Waals surface area contributed by atoms with Gasteiger partial charge in [0.05, 0.1) is 13.5 Å². The Bertz CT molecular complexity index is 717. The largest absolute Gasteiger partial charge is 0.469 e. The van der Waals surface area contributed by atoms with Crippen LogP contribution in [-0.4, -0.2) is 31.4 Å². The molecule has 0 fully saturated rings. The van der Waals surface area contributed by atoms with Crippen molar-refractivity contribution >= 4 is 17.8 Å². The van der Waals surface area contributed by atoms with Gasteiger partial charge in [-0.2, -0.15) is 0 Å². The van der Waals surface area contributed by atoms with Gasteiger partial charge in [-0.05, 0) is 17.7 Å². The van der Waals surface area contributed by atoms with Crippen LogP contribution in [0.15, 0.2) is 60.7 Å². The van der Waals surface area contributed by atoms with Gasteiger partial charge in [0.15, 0.2) is 0 Å². The number of methoxy groups -OCH3 is 1. The molecule has 2 aromatic rings. The lowest BCUT2D eigenvalue weighted by atomic mass is 10.1. The van der Waals surface area contributed by atoms with Gasteiger partial charge in [-0.3, -0.25) is 14.4 Å². The van der Waals surface area contributed by atoms with Crippen LogP contribution >= 0.6 is 0 Å². The summed E-state index contributed by atoms with van der Waals surface area (Å²) in [5.41, 5.74) is 1.12. The highest BCUT2D eigenvalue weighted by molar-refractivity contribution is 5.97. The Labute approximate surface area is 146 Å². The first-order valence-corrected chi connectivity index (χ1v) is 7.87. The zero-order chi connectivity index (χ0) is 18.1. The van der Waals surface area contributed by atoms with E-state index in [0.717, 1.165) is 0 Å². The maximum absolute atomic E-state index is 12.5. The number of ether oxygens (including phenoxy) is 1. The van der Waals surface area contributed by atoms with Crippen LogP contribution in [-0.2, 0) is 14.3 Å². The molecule has 1 unspecified atom stereocenters. The van der Waals surface area contributed by atoms with Crippen molar-refractivity contribution in [3.8, 4) is 0 Å². The molecule has 0 bridgehead atoms. The summed E-state index contributed by atoms with van der Waals surface area (Å²) in [5, 5.41) is 5.38. The van der Waals surface area contributed by atoms with Crippen LogP contribution in [0.25, 0.3) is 0 Å². The van der Waals surface area contributed by atoms with Crippen molar-refractivity contribution in [2.45, 2.75) is 12.5 Å². The molecule has 2 rings (SSSR count). The molecule has 2 N–H and O–H groups in total. The fraction of sp³-hybridized carbons (Fsp3) is 0.211. The second-order valence-corrected chi connectivity index (χ2v) is 5.30. The van der Waals surface area contributed by atoms with Gasteiger partial charge in [0, 0.05) is 12.1 Å². The zero-order valence-electron chi connectivity index (χ0n) is 13.9. The maximum atomic E-state index is 12.5. The van der Waals surface area contributed by atoms with E-state index in [-0.39, 0.29) is 24.8 Å². The lowest BCUT2D eigenvalue weighted by Gasteiger charge is -2.19. The standard InChI is InChI=1S/C19H20N2O4/c1-25-16(22)12-13-20-19(24)17(14-8-4-2-5-9-14)21-18(23)15-10-6-3-7-11-15/h2-11,17H,12-13H2,1H3,(H,20,24)(H,21,23). The second kappa shape index (κ2) is 9.22. The number of nitrogens with one attached hydrogen (secondary N) is 2. The van der Waals surface area contributed by atoms with E-state index in [9.17, 15) is 14.4 Å². The van der Waals surface area contributed by atoms with Crippen LogP contribution in [0.1, 0.15) is 28.4 Å². The van der Waals surface area contributed by atoms with Gasteiger partial charge in [0.2, 0.25) is 5.91 Å². The average Bonchev–Trinajstić information content (AvgIpc) is 2.67. The van der Waals surface area contributed by atoms with Gasteiger partial charge in [-0.1, -0.05) is 48.5 Å². The van der Waals surface area contributed by atoms with Gasteiger partial charge in [0.1, 0.15) is 6.04 Å². The summed E-state index contributed by atoms with van der Waals surface area (Å²) in [5.74, 6) is -1.15. The van der Waals surface area contributed by atoms with Crippen molar-refractivity contribution in [1.82, 2.24) is 10.6 Å². The zero-order valence-corrected chi connectivity index (χ0v) is 13.9. The van der Waals surface area contributed by atoms with E-state index in [2.05, 4.69) is 15.4 Å². The Hall–Kier alpha value is -3.15. The number of esters is 1. The number of rotatable bonds is 7. The average molecular weight is 340 g/mol. The fourth-order valence-corrected chi connectivity index (χ4v) is 2.24. The highest BCUT2D eigenvalue weighted by Gasteiger charge is 2.23. The first kappa shape index (κ1) is 18.2. The molecule has 0 aromatic heterocycles. The van der Waals surface area contributed by atoms with Crippen LogP contribution < -0.4 is 10.6 Å². The Morgan fingerprint density at radius 2 is 1.56 bits per heavy atom. The molecular formula is C19H20N2O4. The Morgan fingerprint density at radius 1 is 0.960 bits per heavy atom. The van der Waals surface area contributed by atoms with Crippen molar-refractivity contribution in [1.29, 1.82) is 0 Å². The highest BCUT2D eigenvalue weighted by Crippen LogP contribution is 2.14. The summed E-state index contributed by atoms with van der Waals surface area (Å²) in [7, 11) is 1.29. The molecule has 0 radical (unpaired) electrons. The van der Waals surface area contributed by atoms with Crippen molar-refractivity contribution < 1.29 is 19.1 Å². The van der Waals surface area contributed by atoms with Gasteiger partial charge in [-0.15, -0.1) is 0 Å². The molecule has 0 saturated carbocycles. The van der Waals surface area contributed by atoms with Crippen LogP contribution in [0.3, 0.4) is 0 Å². The quantitative estimate of drug-likeness (QED) is 0.753. The minimum Gasteiger partial charge on any atom is -0.469 e. The van der Waals surface area contributed by atoms with E-state index in [1.54, 1.807) is 48.5 Å². The summed E-state index contributed by atoms with van der Waals surface area (Å²) in [6.45, 7) is 0.135. The number of amides is 2. The second-order valence-electron chi connectivity index (χ2n) is 5.30. The van der Waals surface area contributed by atoms with E-state index in [0.29, 0.717) is 11.1 Å². The molecule has 2 amide bonds. The number of carbonyl (C=O) groups is 3. The number of hydrogen-bond acceptors (Lipinski definition) is 4. The van der Waals surface area contributed by atoms with Crippen LogP contribution in [0.4, 0.5) is 0 Å². The SMILES string of the molecule is COC(=O)CCNC(=O)C(NC(=O)c1ccccc1)c1ccccc1. The summed E-state index contributed by atoms with van der Waals surface area (Å²) >= 11 is 0. The normalized spacial score (nSPS) is 11.2. The molecule has 130 valence electrons. The van der Waals surface area contributed by atoms with Crippen molar-refractivity contribution in [2.75, 3.05) is 13.7 Å². The van der Waals surface area contributed by atoms with Gasteiger partial charge < -0.3 is 15.4 Å². The smallest absolute Gasteiger partial charge is 0.307 e. The predicted molar refractivity (Wildman–Crippen MR) is 92.7 cm³/mol. The minimum absolute atomic E-state index is 0.0659. The fourth-order valence-electron chi connectivity index (χ4n) is 2.24. The molecule has 0 aliphatic rings. The Kier molecular flexibility index (Phi) is 6.71. The molecule has 0 spiro atoms. The van der Waals surface area contributed by atoms with Crippen molar-refractivity contribution in [3.63, 3.8) is 0 Å². The summed E-state index contributed by atoms with van der Waals surface area (Å²) in [6, 6.07) is 16.7. The molecule has 0 saturated heterocycles. The van der Waals surface area contributed by atoms with Crippen LogP contribution in [0, 0.1) is 0 Å². The molecule has 25 heavy (non-hydrogen) atoms. The molecule has 6 heteroatoms. The highest BCUT2D eigenvalue weighted by atomic mass is 16.5. The molecule has 2 aromatic carbocycles. The molecule has 6 nitrogen and oxygen atoms in total. The summed E-state index contributed by atoms with van der Waals surface area (Å²) < 4.78 is 4.54. The molecule has 1 atom stereocenters. The maximum Gasteiger partial charge on any atom is 0.307 e. The number of hydrogen-bond donors (Lipinski definition) is 2. The van der Waals surface area contributed by atoms with Gasteiger partial charge >= 0.3 is 5.97 Å². The van der Waals surface area contributed by atoms with E-state index in [4.69, 9.17) is 0 Å².